The molecule has 0 saturated carbocycles. The van der Waals surface area contributed by atoms with Crippen LogP contribution in [0.5, 0.6) is 11.5 Å². The van der Waals surface area contributed by atoms with Crippen molar-refractivity contribution in [2.45, 2.75) is 51.5 Å². The van der Waals surface area contributed by atoms with Gasteiger partial charge in [-0.05, 0) is 54.9 Å². The molecule has 0 fully saturated rings. The summed E-state index contributed by atoms with van der Waals surface area (Å²) in [6, 6.07) is 2.61. The molecule has 0 saturated heterocycles. The van der Waals surface area contributed by atoms with Gasteiger partial charge in [0.1, 0.15) is 6.04 Å². The van der Waals surface area contributed by atoms with E-state index in [1.165, 1.54) is 0 Å². The maximum atomic E-state index is 12.8. The molecule has 172 valence electrons. The third kappa shape index (κ3) is 6.59. The lowest BCUT2D eigenvalue weighted by molar-refractivity contribution is -0.132. The molecule has 31 heavy (non-hydrogen) atoms. The first-order chi connectivity index (χ1) is 14.7. The fraction of sp³-hybridized carbons (Fsp3) is 0.619. The van der Waals surface area contributed by atoms with Gasteiger partial charge in [-0.2, -0.15) is 0 Å². The highest BCUT2D eigenvalue weighted by Crippen LogP contribution is 2.35. The molecule has 0 radical (unpaired) electrons. The molecule has 1 aromatic carbocycles. The Morgan fingerprint density at radius 3 is 2.26 bits per heavy atom. The van der Waals surface area contributed by atoms with Crippen molar-refractivity contribution in [3.63, 3.8) is 0 Å². The van der Waals surface area contributed by atoms with Crippen molar-refractivity contribution in [1.82, 2.24) is 10.6 Å². The van der Waals surface area contributed by atoms with Crippen LogP contribution in [0, 0.1) is 11.8 Å². The largest absolute Gasteiger partial charge is 0.493 e. The molecule has 0 aromatic heterocycles. The van der Waals surface area contributed by atoms with Gasteiger partial charge in [-0.3, -0.25) is 9.59 Å². The minimum atomic E-state index is -1.73. The summed E-state index contributed by atoms with van der Waals surface area (Å²) in [6.45, 7) is 3.18. The number of carbonyl (C=O) groups excluding carboxylic acids is 2. The van der Waals surface area contributed by atoms with Crippen LogP contribution in [0.25, 0.3) is 0 Å². The van der Waals surface area contributed by atoms with Crippen LogP contribution in [0.4, 0.5) is 0 Å². The second-order valence-electron chi connectivity index (χ2n) is 8.32. The average molecular weight is 436 g/mol. The monoisotopic (exact) mass is 436 g/mol. The number of ether oxygens (including phenoxy) is 2. The van der Waals surface area contributed by atoms with Gasteiger partial charge in [-0.15, -0.1) is 0 Å². The number of nitrogens with one attached hydrogen (secondary N) is 2. The van der Waals surface area contributed by atoms with Crippen LogP contribution in [0.3, 0.4) is 0 Å². The molecule has 2 rings (SSSR count). The van der Waals surface area contributed by atoms with E-state index in [0.717, 1.165) is 11.1 Å². The van der Waals surface area contributed by atoms with Gasteiger partial charge in [0.25, 0.3) is 0 Å². The summed E-state index contributed by atoms with van der Waals surface area (Å²) in [7, 11) is 1.39. The molecule has 1 aromatic rings. The Morgan fingerprint density at radius 2 is 1.74 bits per heavy atom. The first-order valence-electron chi connectivity index (χ1n) is 10.5. The normalized spacial score (nSPS) is 17.4. The molecule has 0 aliphatic heterocycles. The van der Waals surface area contributed by atoms with Gasteiger partial charge >= 0.3 is 7.12 Å². The molecule has 0 heterocycles. The van der Waals surface area contributed by atoms with E-state index in [2.05, 4.69) is 10.6 Å². The molecule has 1 aliphatic carbocycles. The summed E-state index contributed by atoms with van der Waals surface area (Å²) >= 11 is 0. The highest BCUT2D eigenvalue weighted by atomic mass is 16.5. The Balaban J connectivity index is 2.03. The standard InChI is InChI=1S/C21H33BN2O7/c1-12(2)7-19(22(28)29)24-21(27)16(11-25)23-20(26)14-6-5-13-9-17(30-3)18(31-4)10-15(13)8-14/h9-10,12,14,16,19,25,28-29H,5-8,11H2,1-4H3,(H,23,26)(H,24,27)/t14?,16-,19?/m0/s1. The zero-order chi connectivity index (χ0) is 23.1. The number of benzene rings is 1. The molecule has 3 atom stereocenters. The van der Waals surface area contributed by atoms with Crippen molar-refractivity contribution in [2.75, 3.05) is 20.8 Å². The minimum absolute atomic E-state index is 0.118. The van der Waals surface area contributed by atoms with Gasteiger partial charge in [-0.25, -0.2) is 0 Å². The molecular weight excluding hydrogens is 403 g/mol. The van der Waals surface area contributed by atoms with Crippen molar-refractivity contribution in [3.8, 4) is 11.5 Å². The molecule has 0 spiro atoms. The van der Waals surface area contributed by atoms with Crippen LogP contribution in [0.1, 0.15) is 37.8 Å². The van der Waals surface area contributed by atoms with Gasteiger partial charge in [-0.1, -0.05) is 13.8 Å². The second kappa shape index (κ2) is 11.4. The third-order valence-corrected chi connectivity index (χ3v) is 5.53. The number of carbonyl (C=O) groups is 2. The number of rotatable bonds is 10. The van der Waals surface area contributed by atoms with Crippen molar-refractivity contribution in [3.05, 3.63) is 23.3 Å². The smallest absolute Gasteiger partial charge is 0.475 e. The fourth-order valence-electron chi connectivity index (χ4n) is 3.84. The zero-order valence-corrected chi connectivity index (χ0v) is 18.6. The Bertz CT molecular complexity index is 772. The third-order valence-electron chi connectivity index (χ3n) is 5.53. The summed E-state index contributed by atoms with van der Waals surface area (Å²) < 4.78 is 10.7. The van der Waals surface area contributed by atoms with Gasteiger partial charge in [0.2, 0.25) is 11.8 Å². The number of aryl methyl sites for hydroxylation is 1. The molecule has 2 amide bonds. The molecule has 5 N–H and O–H groups in total. The van der Waals surface area contributed by atoms with Crippen molar-refractivity contribution >= 4 is 18.9 Å². The van der Waals surface area contributed by atoms with Gasteiger partial charge in [0, 0.05) is 5.92 Å². The number of methoxy groups -OCH3 is 2. The maximum Gasteiger partial charge on any atom is 0.475 e. The van der Waals surface area contributed by atoms with E-state index in [1.807, 2.05) is 26.0 Å². The van der Waals surface area contributed by atoms with E-state index in [-0.39, 0.29) is 17.7 Å². The fourth-order valence-corrected chi connectivity index (χ4v) is 3.84. The Kier molecular flexibility index (Phi) is 9.15. The van der Waals surface area contributed by atoms with Gasteiger partial charge in [0.05, 0.1) is 26.8 Å². The summed E-state index contributed by atoms with van der Waals surface area (Å²) in [4.78, 5) is 25.3. The second-order valence-corrected chi connectivity index (χ2v) is 8.32. The Labute approximate surface area is 183 Å². The Hall–Kier alpha value is -2.30. The van der Waals surface area contributed by atoms with Crippen LogP contribution in [-0.2, 0) is 22.4 Å². The van der Waals surface area contributed by atoms with E-state index in [1.54, 1.807) is 14.2 Å². The summed E-state index contributed by atoms with van der Waals surface area (Å²) in [5.74, 6) is -0.884. The van der Waals surface area contributed by atoms with Crippen molar-refractivity contribution < 1.29 is 34.2 Å². The van der Waals surface area contributed by atoms with Gasteiger partial charge < -0.3 is 35.3 Å². The van der Waals surface area contributed by atoms with E-state index in [9.17, 15) is 24.7 Å². The quantitative estimate of drug-likeness (QED) is 0.321. The van der Waals surface area contributed by atoms with Crippen LogP contribution >= 0.6 is 0 Å². The lowest BCUT2D eigenvalue weighted by Crippen LogP contribution is -2.56. The molecule has 10 heteroatoms. The van der Waals surface area contributed by atoms with Crippen LogP contribution < -0.4 is 20.1 Å². The molecule has 1 aliphatic rings. The predicted octanol–water partition coefficient (Wildman–Crippen LogP) is -0.171. The molecular formula is C21H33BN2O7. The summed E-state index contributed by atoms with van der Waals surface area (Å²) in [5, 5.41) is 33.7. The zero-order valence-electron chi connectivity index (χ0n) is 18.6. The highest BCUT2D eigenvalue weighted by Gasteiger charge is 2.32. The number of aliphatic hydroxyl groups is 1. The molecule has 9 nitrogen and oxygen atoms in total. The SMILES string of the molecule is COc1cc2c(cc1OC)CC(C(=O)N[C@@H](CO)C(=O)NC(CC(C)C)B(O)O)CC2. The average Bonchev–Trinajstić information content (AvgIpc) is 2.74. The lowest BCUT2D eigenvalue weighted by atomic mass is 9.75. The van der Waals surface area contributed by atoms with E-state index >= 15 is 0 Å². The number of amides is 2. The topological polar surface area (TPSA) is 137 Å². The number of hydrogen-bond acceptors (Lipinski definition) is 7. The van der Waals surface area contributed by atoms with Crippen LogP contribution in [-0.4, -0.2) is 66.9 Å². The first-order valence-corrected chi connectivity index (χ1v) is 10.5. The van der Waals surface area contributed by atoms with Crippen LogP contribution in [0.2, 0.25) is 0 Å². The summed E-state index contributed by atoms with van der Waals surface area (Å²) in [5.41, 5.74) is 2.07. The van der Waals surface area contributed by atoms with Crippen LogP contribution in [0.15, 0.2) is 12.1 Å². The van der Waals surface area contributed by atoms with Crippen molar-refractivity contribution in [2.24, 2.45) is 11.8 Å². The lowest BCUT2D eigenvalue weighted by Gasteiger charge is -2.27. The Morgan fingerprint density at radius 1 is 1.13 bits per heavy atom. The van der Waals surface area contributed by atoms with E-state index in [4.69, 9.17) is 9.47 Å². The maximum absolute atomic E-state index is 12.8. The van der Waals surface area contributed by atoms with E-state index < -0.39 is 31.6 Å². The summed E-state index contributed by atoms with van der Waals surface area (Å²) in [6.07, 6.45) is 2.10. The van der Waals surface area contributed by atoms with Gasteiger partial charge in [0.15, 0.2) is 11.5 Å². The molecule has 2 unspecified atom stereocenters. The number of aliphatic hydroxyl groups excluding tert-OH is 1. The number of hydrogen-bond donors (Lipinski definition) is 5. The minimum Gasteiger partial charge on any atom is -0.493 e. The highest BCUT2D eigenvalue weighted by molar-refractivity contribution is 6.43. The van der Waals surface area contributed by atoms with E-state index in [0.29, 0.717) is 37.2 Å². The number of fused-ring (bicyclic) bond motifs is 1. The molecule has 0 bridgehead atoms. The first kappa shape index (κ1) is 25.0. The van der Waals surface area contributed by atoms with Crippen molar-refractivity contribution in [1.29, 1.82) is 0 Å². The predicted molar refractivity (Wildman–Crippen MR) is 116 cm³/mol.